The maximum absolute atomic E-state index is 14.5. The first kappa shape index (κ1) is 19.5. The zero-order valence-corrected chi connectivity index (χ0v) is 16.8. The van der Waals surface area contributed by atoms with Gasteiger partial charge in [0, 0.05) is 37.9 Å². The number of hydrogen-bond acceptors (Lipinski definition) is 6. The maximum Gasteiger partial charge on any atom is 0.175 e. The van der Waals surface area contributed by atoms with E-state index in [0.717, 1.165) is 43.1 Å². The Hall–Kier alpha value is -2.84. The van der Waals surface area contributed by atoms with Gasteiger partial charge in [-0.15, -0.1) is 0 Å². The molecule has 1 aromatic heterocycles. The monoisotopic (exact) mass is 412 g/mol. The number of halogens is 1. The Morgan fingerprint density at radius 1 is 1.14 bits per heavy atom. The van der Waals surface area contributed by atoms with Crippen LogP contribution < -0.4 is 5.32 Å². The number of nitrogens with zero attached hydrogens (tertiary/aromatic N) is 3. The van der Waals surface area contributed by atoms with Gasteiger partial charge in [-0.05, 0) is 23.8 Å². The summed E-state index contributed by atoms with van der Waals surface area (Å²) in [5.74, 6) is -0.101. The van der Waals surface area contributed by atoms with E-state index >= 15 is 0 Å². The highest BCUT2D eigenvalue weighted by molar-refractivity contribution is 7.90. The van der Waals surface area contributed by atoms with E-state index < -0.39 is 15.7 Å². The van der Waals surface area contributed by atoms with Crippen molar-refractivity contribution in [3.63, 3.8) is 0 Å². The highest BCUT2D eigenvalue weighted by Crippen LogP contribution is 2.28. The second-order valence-electron chi connectivity index (χ2n) is 7.13. The van der Waals surface area contributed by atoms with Gasteiger partial charge in [0.05, 0.1) is 16.3 Å². The average Bonchev–Trinajstić information content (AvgIpc) is 2.70. The highest BCUT2D eigenvalue weighted by Gasteiger charge is 2.22. The van der Waals surface area contributed by atoms with Crippen LogP contribution in [0.15, 0.2) is 59.8 Å². The lowest BCUT2D eigenvalue weighted by molar-refractivity contribution is 0.243. The van der Waals surface area contributed by atoms with Crippen LogP contribution in [0.25, 0.3) is 0 Å². The number of hydrogen-bond donors (Lipinski definition) is 1. The molecule has 150 valence electrons. The van der Waals surface area contributed by atoms with Gasteiger partial charge in [0.15, 0.2) is 9.84 Å². The van der Waals surface area contributed by atoms with Crippen LogP contribution >= 0.6 is 0 Å². The molecule has 1 aliphatic heterocycles. The Bertz CT molecular complexity index is 1140. The Balaban J connectivity index is 1.58. The van der Waals surface area contributed by atoms with Gasteiger partial charge in [-0.2, -0.15) is 0 Å². The molecule has 0 unspecified atom stereocenters. The normalized spacial score (nSPS) is 14.4. The molecule has 0 bridgehead atoms. The first-order valence-electron chi connectivity index (χ1n) is 9.26. The maximum atomic E-state index is 14.5. The lowest BCUT2D eigenvalue weighted by Crippen LogP contribution is -2.31. The van der Waals surface area contributed by atoms with Crippen molar-refractivity contribution >= 4 is 21.3 Å². The van der Waals surface area contributed by atoms with Crippen molar-refractivity contribution in [1.82, 2.24) is 14.9 Å². The van der Waals surface area contributed by atoms with Crippen LogP contribution in [0.4, 0.5) is 15.9 Å². The molecule has 0 spiro atoms. The number of anilines is 2. The van der Waals surface area contributed by atoms with Crippen LogP contribution in [0.5, 0.6) is 0 Å². The summed E-state index contributed by atoms with van der Waals surface area (Å²) in [6.45, 7) is 2.35. The predicted octanol–water partition coefficient (Wildman–Crippen LogP) is 3.32. The van der Waals surface area contributed by atoms with Gasteiger partial charge >= 0.3 is 0 Å². The molecule has 0 saturated heterocycles. The van der Waals surface area contributed by atoms with E-state index in [9.17, 15) is 12.8 Å². The number of benzene rings is 2. The van der Waals surface area contributed by atoms with Gasteiger partial charge in [0.2, 0.25) is 0 Å². The molecule has 0 radical (unpaired) electrons. The molecular weight excluding hydrogens is 391 g/mol. The van der Waals surface area contributed by atoms with Gasteiger partial charge in [-0.1, -0.05) is 30.3 Å². The van der Waals surface area contributed by atoms with Crippen LogP contribution in [0.2, 0.25) is 0 Å². The average molecular weight is 412 g/mol. The van der Waals surface area contributed by atoms with Gasteiger partial charge < -0.3 is 5.32 Å². The lowest BCUT2D eigenvalue weighted by atomic mass is 10.0. The number of fused-ring (bicyclic) bond motifs is 1. The SMILES string of the molecule is CS(=O)(=O)c1ccc(Nc2ncnc3c2CN(Cc2ccccc2)CC3)c(F)c1. The van der Waals surface area contributed by atoms with E-state index in [1.54, 1.807) is 0 Å². The third-order valence-corrected chi connectivity index (χ3v) is 6.06. The van der Waals surface area contributed by atoms with E-state index in [0.29, 0.717) is 12.4 Å². The third-order valence-electron chi connectivity index (χ3n) is 4.95. The zero-order chi connectivity index (χ0) is 20.4. The van der Waals surface area contributed by atoms with Crippen LogP contribution in [-0.2, 0) is 29.3 Å². The van der Waals surface area contributed by atoms with Gasteiger partial charge in [0.1, 0.15) is 18.0 Å². The number of rotatable bonds is 5. The molecule has 6 nitrogen and oxygen atoms in total. The fourth-order valence-electron chi connectivity index (χ4n) is 3.44. The van der Waals surface area contributed by atoms with E-state index in [1.807, 2.05) is 18.2 Å². The zero-order valence-electron chi connectivity index (χ0n) is 16.0. The topological polar surface area (TPSA) is 75.2 Å². The molecule has 1 aliphatic rings. The molecule has 0 fully saturated rings. The van der Waals surface area contributed by atoms with Crippen molar-refractivity contribution in [2.24, 2.45) is 0 Å². The molecule has 1 N–H and O–H groups in total. The first-order valence-corrected chi connectivity index (χ1v) is 11.1. The largest absolute Gasteiger partial charge is 0.337 e. The van der Waals surface area contributed by atoms with Gasteiger partial charge in [0.25, 0.3) is 0 Å². The van der Waals surface area contributed by atoms with E-state index in [-0.39, 0.29) is 10.6 Å². The summed E-state index contributed by atoms with van der Waals surface area (Å²) in [4.78, 5) is 10.9. The summed E-state index contributed by atoms with van der Waals surface area (Å²) in [6.07, 6.45) is 3.31. The van der Waals surface area contributed by atoms with E-state index in [1.165, 1.54) is 24.0 Å². The number of sulfone groups is 1. The molecule has 8 heteroatoms. The smallest absolute Gasteiger partial charge is 0.175 e. The molecule has 3 aromatic rings. The van der Waals surface area contributed by atoms with Crippen molar-refractivity contribution in [2.45, 2.75) is 24.4 Å². The summed E-state index contributed by atoms with van der Waals surface area (Å²) in [7, 11) is -3.47. The fourth-order valence-corrected chi connectivity index (χ4v) is 4.07. The van der Waals surface area contributed by atoms with Crippen LogP contribution in [0.1, 0.15) is 16.8 Å². The summed E-state index contributed by atoms with van der Waals surface area (Å²) in [5.41, 5.74) is 3.28. The first-order chi connectivity index (χ1) is 13.9. The van der Waals surface area contributed by atoms with E-state index in [2.05, 4.69) is 32.3 Å². The molecule has 2 aromatic carbocycles. The van der Waals surface area contributed by atoms with Gasteiger partial charge in [-0.25, -0.2) is 22.8 Å². The Morgan fingerprint density at radius 2 is 1.93 bits per heavy atom. The molecule has 4 rings (SSSR count). The minimum atomic E-state index is -3.47. The molecule has 29 heavy (non-hydrogen) atoms. The Labute approximate surface area is 169 Å². The Morgan fingerprint density at radius 3 is 2.66 bits per heavy atom. The summed E-state index contributed by atoms with van der Waals surface area (Å²) >= 11 is 0. The summed E-state index contributed by atoms with van der Waals surface area (Å²) in [5, 5.41) is 3.02. The molecule has 0 atom stereocenters. The highest BCUT2D eigenvalue weighted by atomic mass is 32.2. The molecular formula is C21H21FN4O2S. The van der Waals surface area contributed by atoms with Crippen molar-refractivity contribution in [1.29, 1.82) is 0 Å². The molecule has 2 heterocycles. The second-order valence-corrected chi connectivity index (χ2v) is 9.15. The van der Waals surface area contributed by atoms with Crippen molar-refractivity contribution in [3.8, 4) is 0 Å². The molecule has 0 aliphatic carbocycles. The molecule has 0 saturated carbocycles. The fraction of sp³-hybridized carbons (Fsp3) is 0.238. The predicted molar refractivity (Wildman–Crippen MR) is 109 cm³/mol. The Kier molecular flexibility index (Phi) is 5.29. The second kappa shape index (κ2) is 7.88. The minimum Gasteiger partial charge on any atom is -0.337 e. The van der Waals surface area contributed by atoms with Crippen molar-refractivity contribution in [2.75, 3.05) is 18.1 Å². The number of aromatic nitrogens is 2. The number of nitrogens with one attached hydrogen (secondary N) is 1. The summed E-state index contributed by atoms with van der Waals surface area (Å²) in [6, 6.07) is 14.0. The van der Waals surface area contributed by atoms with E-state index in [4.69, 9.17) is 0 Å². The standard InChI is InChI=1S/C21H21FN4O2S/c1-29(27,28)16-7-8-20(18(22)11-16)25-21-17-13-26(10-9-19(17)23-14-24-21)12-15-5-3-2-4-6-15/h2-8,11,14H,9-10,12-13H2,1H3,(H,23,24,25). The van der Waals surface area contributed by atoms with Crippen molar-refractivity contribution in [3.05, 3.63) is 77.5 Å². The van der Waals surface area contributed by atoms with Crippen molar-refractivity contribution < 1.29 is 12.8 Å². The molecule has 0 amide bonds. The van der Waals surface area contributed by atoms with Gasteiger partial charge in [-0.3, -0.25) is 4.90 Å². The minimum absolute atomic E-state index is 0.0562. The quantitative estimate of drug-likeness (QED) is 0.693. The van der Waals surface area contributed by atoms with Crippen LogP contribution in [0.3, 0.4) is 0 Å². The summed E-state index contributed by atoms with van der Waals surface area (Å²) < 4.78 is 37.7. The van der Waals surface area contributed by atoms with Crippen LogP contribution in [0, 0.1) is 5.82 Å². The van der Waals surface area contributed by atoms with Crippen LogP contribution in [-0.4, -0.2) is 36.1 Å². The lowest BCUT2D eigenvalue weighted by Gasteiger charge is -2.29. The third kappa shape index (κ3) is 4.44.